The van der Waals surface area contributed by atoms with Gasteiger partial charge in [0.2, 0.25) is 0 Å². The van der Waals surface area contributed by atoms with E-state index in [1.54, 1.807) is 0 Å². The lowest BCUT2D eigenvalue weighted by Crippen LogP contribution is -2.04. The number of ether oxygens (including phenoxy) is 1. The molecule has 0 aliphatic heterocycles. The maximum atomic E-state index is 6.64. The predicted molar refractivity (Wildman–Crippen MR) is 204 cm³/mol. The molecule has 0 aliphatic carbocycles. The van der Waals surface area contributed by atoms with Gasteiger partial charge >= 0.3 is 0 Å². The van der Waals surface area contributed by atoms with Crippen molar-refractivity contribution in [2.75, 3.05) is 0 Å². The number of benzene rings is 4. The Labute approximate surface area is 290 Å². The van der Waals surface area contributed by atoms with Gasteiger partial charge in [0.1, 0.15) is 17.3 Å². The molecule has 5 nitrogen and oxygen atoms in total. The lowest BCUT2D eigenvalue weighted by molar-refractivity contribution is 0.360. The van der Waals surface area contributed by atoms with E-state index in [-0.39, 0.29) is 0 Å². The summed E-state index contributed by atoms with van der Waals surface area (Å²) < 4.78 is 10.9. The van der Waals surface area contributed by atoms with Gasteiger partial charge in [-0.3, -0.25) is 4.57 Å². The van der Waals surface area contributed by atoms with Crippen molar-refractivity contribution in [1.82, 2.24) is 19.3 Å². The molecule has 7 rings (SSSR count). The van der Waals surface area contributed by atoms with Gasteiger partial charge in [0.05, 0.1) is 22.4 Å². The molecule has 4 aromatic carbocycles. The molecule has 0 fully saturated rings. The number of nitrogens with zero attached hydrogens (tertiary/aromatic N) is 4. The highest BCUT2D eigenvalue weighted by molar-refractivity contribution is 6.09. The van der Waals surface area contributed by atoms with Gasteiger partial charge in [-0.25, -0.2) is 9.67 Å². The lowest BCUT2D eigenvalue weighted by atomic mass is 9.89. The molecule has 3 heterocycles. The maximum Gasteiger partial charge on any atom is 0.137 e. The van der Waals surface area contributed by atoms with Crippen LogP contribution in [0, 0.1) is 33.1 Å². The summed E-state index contributed by atoms with van der Waals surface area (Å²) in [6.45, 7) is 15.4. The van der Waals surface area contributed by atoms with E-state index in [1.807, 2.05) is 23.0 Å². The van der Waals surface area contributed by atoms with Crippen molar-refractivity contribution >= 4 is 21.8 Å². The van der Waals surface area contributed by atoms with E-state index in [4.69, 9.17) is 14.8 Å². The topological polar surface area (TPSA) is 44.9 Å². The Morgan fingerprint density at radius 3 is 2.29 bits per heavy atom. The van der Waals surface area contributed by atoms with Gasteiger partial charge < -0.3 is 4.74 Å². The van der Waals surface area contributed by atoms with Crippen LogP contribution in [-0.2, 0) is 6.42 Å². The molecule has 0 spiro atoms. The highest BCUT2D eigenvalue weighted by atomic mass is 16.5. The number of hydrogen-bond donors (Lipinski definition) is 0. The summed E-state index contributed by atoms with van der Waals surface area (Å²) in [5.74, 6) is 2.46. The first kappa shape index (κ1) is 32.4. The summed E-state index contributed by atoms with van der Waals surface area (Å²) >= 11 is 0. The van der Waals surface area contributed by atoms with Crippen molar-refractivity contribution in [2.24, 2.45) is 5.41 Å². The summed E-state index contributed by atoms with van der Waals surface area (Å²) in [5, 5.41) is 7.40. The molecule has 0 amide bonds. The van der Waals surface area contributed by atoms with Crippen molar-refractivity contribution in [1.29, 1.82) is 0 Å². The number of fused-ring (bicyclic) bond motifs is 3. The third-order valence-corrected chi connectivity index (χ3v) is 9.44. The summed E-state index contributed by atoms with van der Waals surface area (Å²) in [6.07, 6.45) is 6.66. The molecule has 49 heavy (non-hydrogen) atoms. The Morgan fingerprint density at radius 2 is 1.51 bits per heavy atom. The fraction of sp³-hybridized carbons (Fsp3) is 0.273. The second kappa shape index (κ2) is 13.0. The first-order valence-electron chi connectivity index (χ1n) is 17.5. The monoisotopic (exact) mass is 646 g/mol. The van der Waals surface area contributed by atoms with Crippen LogP contribution in [0.25, 0.3) is 44.4 Å². The minimum absolute atomic E-state index is 0.376. The van der Waals surface area contributed by atoms with Gasteiger partial charge in [0.15, 0.2) is 0 Å². The number of hydrogen-bond acceptors (Lipinski definition) is 3. The van der Waals surface area contributed by atoms with Crippen LogP contribution in [-0.4, -0.2) is 19.3 Å². The Bertz CT molecular complexity index is 2280. The first-order valence-corrected chi connectivity index (χ1v) is 17.5. The molecule has 0 radical (unpaired) electrons. The average Bonchev–Trinajstić information content (AvgIpc) is 3.55. The Morgan fingerprint density at radius 1 is 0.694 bits per heavy atom. The van der Waals surface area contributed by atoms with Gasteiger partial charge in [-0.15, -0.1) is 0 Å². The zero-order valence-corrected chi connectivity index (χ0v) is 29.8. The lowest BCUT2D eigenvalue weighted by Gasteiger charge is -2.17. The maximum absolute atomic E-state index is 6.64. The van der Waals surface area contributed by atoms with E-state index < -0.39 is 0 Å². The van der Waals surface area contributed by atoms with E-state index >= 15 is 0 Å². The summed E-state index contributed by atoms with van der Waals surface area (Å²) in [5.41, 5.74) is 11.7. The molecule has 0 N–H and O–H groups in total. The summed E-state index contributed by atoms with van der Waals surface area (Å²) in [6, 6.07) is 34.4. The predicted octanol–water partition coefficient (Wildman–Crippen LogP) is 11.8. The molecular weight excluding hydrogens is 601 g/mol. The molecular formula is C44H46N4O. The minimum Gasteiger partial charge on any atom is -0.457 e. The van der Waals surface area contributed by atoms with Gasteiger partial charge in [-0.05, 0) is 123 Å². The van der Waals surface area contributed by atoms with Crippen molar-refractivity contribution in [3.05, 3.63) is 131 Å². The van der Waals surface area contributed by atoms with Gasteiger partial charge in [-0.1, -0.05) is 63.6 Å². The molecule has 0 atom stereocenters. The summed E-state index contributed by atoms with van der Waals surface area (Å²) in [7, 11) is 0. The van der Waals surface area contributed by atoms with Gasteiger partial charge in [-0.2, -0.15) is 5.10 Å². The van der Waals surface area contributed by atoms with Crippen LogP contribution in [0.4, 0.5) is 0 Å². The van der Waals surface area contributed by atoms with Gasteiger partial charge in [0, 0.05) is 40.4 Å². The van der Waals surface area contributed by atoms with Crippen molar-refractivity contribution < 1.29 is 4.74 Å². The van der Waals surface area contributed by atoms with Crippen molar-refractivity contribution in [2.45, 2.75) is 74.1 Å². The zero-order chi connectivity index (χ0) is 34.3. The highest BCUT2D eigenvalue weighted by Crippen LogP contribution is 2.37. The Kier molecular flexibility index (Phi) is 8.62. The highest BCUT2D eigenvalue weighted by Gasteiger charge is 2.18. The molecule has 5 heteroatoms. The smallest absolute Gasteiger partial charge is 0.137 e. The third-order valence-electron chi connectivity index (χ3n) is 9.44. The first-order chi connectivity index (χ1) is 23.5. The van der Waals surface area contributed by atoms with Crippen LogP contribution in [0.15, 0.2) is 103 Å². The quantitative estimate of drug-likeness (QED) is 0.147. The average molecular weight is 647 g/mol. The van der Waals surface area contributed by atoms with E-state index in [0.29, 0.717) is 5.41 Å². The molecule has 0 aliphatic rings. The zero-order valence-electron chi connectivity index (χ0n) is 29.8. The van der Waals surface area contributed by atoms with Crippen LogP contribution < -0.4 is 4.74 Å². The minimum atomic E-state index is 0.376. The number of aryl methyl sites for hydroxylation is 4. The van der Waals surface area contributed by atoms with Crippen LogP contribution >= 0.6 is 0 Å². The van der Waals surface area contributed by atoms with Crippen LogP contribution in [0.1, 0.15) is 68.1 Å². The van der Waals surface area contributed by atoms with E-state index in [0.717, 1.165) is 57.4 Å². The number of unbranched alkanes of at least 4 members (excludes halogenated alkanes) is 1. The van der Waals surface area contributed by atoms with Crippen LogP contribution in [0.3, 0.4) is 0 Å². The standard InChI is InChI=1S/C44H46N4O/c1-29-20-22-45-42(25-29)47-40-19-16-33(13-11-12-21-44(5,6)7)26-39(40)38-18-17-36(28-41(38)47)49-37-24-30(2)23-35(27-37)48-32(4)43(31(3)46-48)34-14-9-8-10-15-34/h8-10,14-20,22-28H,11-13,21H2,1-7H3. The fourth-order valence-corrected chi connectivity index (χ4v) is 7.10. The van der Waals surface area contributed by atoms with Crippen molar-refractivity contribution in [3.8, 4) is 34.1 Å². The van der Waals surface area contributed by atoms with E-state index in [9.17, 15) is 0 Å². The molecule has 0 unspecified atom stereocenters. The molecule has 0 bridgehead atoms. The largest absolute Gasteiger partial charge is 0.457 e. The van der Waals surface area contributed by atoms with Crippen molar-refractivity contribution in [3.63, 3.8) is 0 Å². The van der Waals surface area contributed by atoms with Crippen LogP contribution in [0.2, 0.25) is 0 Å². The fourth-order valence-electron chi connectivity index (χ4n) is 7.10. The molecule has 3 aromatic heterocycles. The van der Waals surface area contributed by atoms with E-state index in [2.05, 4.69) is 138 Å². The molecule has 0 saturated carbocycles. The third kappa shape index (κ3) is 6.76. The normalized spacial score (nSPS) is 11.9. The second-order valence-corrected chi connectivity index (χ2v) is 14.8. The van der Waals surface area contributed by atoms with Gasteiger partial charge in [0.25, 0.3) is 0 Å². The number of pyridine rings is 1. The SMILES string of the molecule is Cc1cc(Oc2ccc3c4cc(CCCCC(C)(C)C)ccc4n(-c4cc(C)ccn4)c3c2)cc(-n2nc(C)c(-c3ccccc3)c2C)c1. The number of aromatic nitrogens is 4. The second-order valence-electron chi connectivity index (χ2n) is 14.8. The Balaban J connectivity index is 1.26. The Hall–Kier alpha value is -5.16. The molecule has 7 aromatic rings. The van der Waals surface area contributed by atoms with Crippen LogP contribution in [0.5, 0.6) is 11.5 Å². The molecule has 0 saturated heterocycles. The summed E-state index contributed by atoms with van der Waals surface area (Å²) in [4.78, 5) is 4.81. The van der Waals surface area contributed by atoms with E-state index in [1.165, 1.54) is 52.3 Å². The number of rotatable bonds is 9. The molecule has 248 valence electrons.